The molecule has 6 heteroatoms. The maximum absolute atomic E-state index is 12.4. The third-order valence-corrected chi connectivity index (χ3v) is 4.42. The largest absolute Gasteiger partial charge is 0.478 e. The predicted molar refractivity (Wildman–Crippen MR) is 87.7 cm³/mol. The Kier molecular flexibility index (Phi) is 4.81. The first kappa shape index (κ1) is 15.8. The molecule has 23 heavy (non-hydrogen) atoms. The van der Waals surface area contributed by atoms with Crippen molar-refractivity contribution in [3.63, 3.8) is 0 Å². The van der Waals surface area contributed by atoms with Gasteiger partial charge < -0.3 is 20.7 Å². The molecule has 3 rings (SSSR count). The lowest BCUT2D eigenvalue weighted by Gasteiger charge is -2.25. The van der Waals surface area contributed by atoms with Gasteiger partial charge in [-0.25, -0.2) is 0 Å². The highest BCUT2D eigenvalue weighted by Gasteiger charge is 2.27. The fraction of sp³-hybridized carbons (Fsp3) is 0.529. The fourth-order valence-corrected chi connectivity index (χ4v) is 3.06. The molecule has 6 nitrogen and oxygen atoms in total. The number of carbonyl (C=O) groups is 2. The highest BCUT2D eigenvalue weighted by Crippen LogP contribution is 2.33. The molecule has 0 aromatic heterocycles. The van der Waals surface area contributed by atoms with Crippen LogP contribution in [0.4, 0.5) is 5.69 Å². The molecule has 1 aromatic carbocycles. The number of fused-ring (bicyclic) bond motifs is 1. The van der Waals surface area contributed by atoms with Gasteiger partial charge in [0, 0.05) is 6.54 Å². The first-order valence-corrected chi connectivity index (χ1v) is 8.24. The van der Waals surface area contributed by atoms with Gasteiger partial charge in [-0.1, -0.05) is 6.07 Å². The van der Waals surface area contributed by atoms with Crippen molar-refractivity contribution in [1.29, 1.82) is 0 Å². The van der Waals surface area contributed by atoms with Gasteiger partial charge in [0.1, 0.15) is 0 Å². The number of para-hydroxylation sites is 1. The predicted octanol–water partition coefficient (Wildman–Crippen LogP) is 1.53. The number of ether oxygens (including phenoxy) is 1. The molecule has 1 aromatic rings. The number of rotatable bonds is 4. The molecule has 2 aliphatic rings. The van der Waals surface area contributed by atoms with Crippen LogP contribution in [-0.4, -0.2) is 37.6 Å². The summed E-state index contributed by atoms with van der Waals surface area (Å²) >= 11 is 0. The van der Waals surface area contributed by atoms with Crippen LogP contribution >= 0.6 is 0 Å². The number of hydrogen-bond donors (Lipinski definition) is 3. The first-order chi connectivity index (χ1) is 11.1. The Morgan fingerprint density at radius 3 is 3.09 bits per heavy atom. The second-order valence-corrected chi connectivity index (χ2v) is 6.19. The zero-order chi connectivity index (χ0) is 16.2. The van der Waals surface area contributed by atoms with E-state index in [1.807, 2.05) is 0 Å². The fourth-order valence-electron chi connectivity index (χ4n) is 3.06. The van der Waals surface area contributed by atoms with Crippen molar-refractivity contribution in [2.75, 3.05) is 25.0 Å². The lowest BCUT2D eigenvalue weighted by atomic mass is 9.96. The van der Waals surface area contributed by atoms with Crippen LogP contribution in [0.25, 0.3) is 0 Å². The van der Waals surface area contributed by atoms with Gasteiger partial charge in [-0.3, -0.25) is 9.59 Å². The highest BCUT2D eigenvalue weighted by atomic mass is 16.5. The molecule has 124 valence electrons. The van der Waals surface area contributed by atoms with Crippen LogP contribution in [0.15, 0.2) is 18.2 Å². The van der Waals surface area contributed by atoms with E-state index in [-0.39, 0.29) is 11.8 Å². The van der Waals surface area contributed by atoms with Gasteiger partial charge in [0.05, 0.1) is 11.3 Å². The molecule has 0 bridgehead atoms. The summed E-state index contributed by atoms with van der Waals surface area (Å²) in [7, 11) is 0. The summed E-state index contributed by atoms with van der Waals surface area (Å²) in [5.74, 6) is 0.731. The number of carbonyl (C=O) groups excluding carboxylic acids is 2. The van der Waals surface area contributed by atoms with Crippen LogP contribution < -0.4 is 20.7 Å². The second-order valence-electron chi connectivity index (χ2n) is 6.19. The number of benzene rings is 1. The third kappa shape index (κ3) is 3.64. The quantitative estimate of drug-likeness (QED) is 0.787. The molecule has 0 saturated carbocycles. The van der Waals surface area contributed by atoms with E-state index in [9.17, 15) is 9.59 Å². The smallest absolute Gasteiger partial charge is 0.265 e. The Hall–Kier alpha value is -2.08. The lowest BCUT2D eigenvalue weighted by molar-refractivity contribution is -0.122. The van der Waals surface area contributed by atoms with Crippen LogP contribution in [0.1, 0.15) is 36.5 Å². The van der Waals surface area contributed by atoms with E-state index in [1.165, 1.54) is 12.8 Å². The van der Waals surface area contributed by atoms with Gasteiger partial charge in [-0.2, -0.15) is 0 Å². The average molecular weight is 317 g/mol. The van der Waals surface area contributed by atoms with Crippen LogP contribution in [0.5, 0.6) is 5.75 Å². The molecule has 2 unspecified atom stereocenters. The molecule has 0 aliphatic carbocycles. The van der Waals surface area contributed by atoms with Gasteiger partial charge in [0.15, 0.2) is 11.9 Å². The van der Waals surface area contributed by atoms with Crippen molar-refractivity contribution in [3.8, 4) is 5.75 Å². The van der Waals surface area contributed by atoms with E-state index >= 15 is 0 Å². The monoisotopic (exact) mass is 317 g/mol. The van der Waals surface area contributed by atoms with Crippen molar-refractivity contribution in [2.45, 2.75) is 32.3 Å². The maximum Gasteiger partial charge on any atom is 0.265 e. The summed E-state index contributed by atoms with van der Waals surface area (Å²) in [5.41, 5.74) is 1.02. The Balaban J connectivity index is 1.61. The molecule has 2 aliphatic heterocycles. The molecular formula is C17H23N3O3. The number of hydrogen-bond acceptors (Lipinski definition) is 4. The summed E-state index contributed by atoms with van der Waals surface area (Å²) in [5, 5.41) is 9.11. The highest BCUT2D eigenvalue weighted by molar-refractivity contribution is 6.03. The van der Waals surface area contributed by atoms with E-state index in [0.29, 0.717) is 29.5 Å². The molecule has 1 fully saturated rings. The van der Waals surface area contributed by atoms with Crippen molar-refractivity contribution in [2.24, 2.45) is 5.92 Å². The second kappa shape index (κ2) is 7.00. The van der Waals surface area contributed by atoms with Crippen LogP contribution in [-0.2, 0) is 4.79 Å². The van der Waals surface area contributed by atoms with Crippen LogP contribution in [0.2, 0.25) is 0 Å². The van der Waals surface area contributed by atoms with Crippen molar-refractivity contribution < 1.29 is 14.3 Å². The molecule has 0 radical (unpaired) electrons. The minimum Gasteiger partial charge on any atom is -0.478 e. The zero-order valence-electron chi connectivity index (χ0n) is 13.4. The van der Waals surface area contributed by atoms with Crippen molar-refractivity contribution in [1.82, 2.24) is 10.6 Å². The van der Waals surface area contributed by atoms with Crippen LogP contribution in [0, 0.1) is 5.92 Å². The lowest BCUT2D eigenvalue weighted by Crippen LogP contribution is -2.36. The first-order valence-electron chi connectivity index (χ1n) is 8.24. The summed E-state index contributed by atoms with van der Waals surface area (Å²) in [6.07, 6.45) is 2.80. The Morgan fingerprint density at radius 1 is 1.43 bits per heavy atom. The minimum atomic E-state index is -0.593. The summed E-state index contributed by atoms with van der Waals surface area (Å²) in [4.78, 5) is 24.1. The topological polar surface area (TPSA) is 79.5 Å². The van der Waals surface area contributed by atoms with Gasteiger partial charge >= 0.3 is 0 Å². The normalized spacial score (nSPS) is 23.4. The molecule has 0 spiro atoms. The van der Waals surface area contributed by atoms with E-state index in [4.69, 9.17) is 4.74 Å². The number of amides is 2. The van der Waals surface area contributed by atoms with Crippen molar-refractivity contribution in [3.05, 3.63) is 23.8 Å². The van der Waals surface area contributed by atoms with Gasteiger partial charge in [0.2, 0.25) is 0 Å². The van der Waals surface area contributed by atoms with Gasteiger partial charge in [-0.15, -0.1) is 0 Å². The SMILES string of the molecule is CC1Oc2c(cccc2C(=O)NCCC2CCCNC2)NC1=O. The molecular weight excluding hydrogens is 294 g/mol. The number of piperidine rings is 1. The Morgan fingerprint density at radius 2 is 2.30 bits per heavy atom. The van der Waals surface area contributed by atoms with Gasteiger partial charge in [0.25, 0.3) is 11.8 Å². The Labute approximate surface area is 136 Å². The molecule has 2 amide bonds. The summed E-state index contributed by atoms with van der Waals surface area (Å²) in [6, 6.07) is 5.21. The molecule has 3 N–H and O–H groups in total. The summed E-state index contributed by atoms with van der Waals surface area (Å²) < 4.78 is 5.61. The number of nitrogens with one attached hydrogen (secondary N) is 3. The zero-order valence-corrected chi connectivity index (χ0v) is 13.4. The van der Waals surface area contributed by atoms with E-state index in [1.54, 1.807) is 25.1 Å². The minimum absolute atomic E-state index is 0.158. The van der Waals surface area contributed by atoms with Gasteiger partial charge in [-0.05, 0) is 57.3 Å². The van der Waals surface area contributed by atoms with E-state index in [2.05, 4.69) is 16.0 Å². The molecule has 2 atom stereocenters. The maximum atomic E-state index is 12.4. The standard InChI is InChI=1S/C17H23N3O3/c1-11-16(21)20-14-6-2-5-13(15(14)23-11)17(22)19-9-7-12-4-3-8-18-10-12/h2,5-6,11-12,18H,3-4,7-10H2,1H3,(H,19,22)(H,20,21). The summed E-state index contributed by atoms with van der Waals surface area (Å²) in [6.45, 7) is 4.45. The van der Waals surface area contributed by atoms with E-state index in [0.717, 1.165) is 19.5 Å². The van der Waals surface area contributed by atoms with E-state index < -0.39 is 6.10 Å². The van der Waals surface area contributed by atoms with Crippen LogP contribution in [0.3, 0.4) is 0 Å². The van der Waals surface area contributed by atoms with Crippen molar-refractivity contribution >= 4 is 17.5 Å². The Bertz CT molecular complexity index is 597. The third-order valence-electron chi connectivity index (χ3n) is 4.42. The molecule has 2 heterocycles. The number of anilines is 1. The average Bonchev–Trinajstić information content (AvgIpc) is 2.56. The molecule has 1 saturated heterocycles.